The molecule has 0 aliphatic heterocycles. The molecule has 3 rings (SSSR count). The quantitative estimate of drug-likeness (QED) is 0.463. The molecule has 0 spiro atoms. The highest BCUT2D eigenvalue weighted by molar-refractivity contribution is 9.11. The van der Waals surface area contributed by atoms with Crippen LogP contribution in [0.1, 0.15) is 5.69 Å². The van der Waals surface area contributed by atoms with Crippen LogP contribution in [-0.4, -0.2) is 25.6 Å². The van der Waals surface area contributed by atoms with Gasteiger partial charge in [0.1, 0.15) is 11.0 Å². The van der Waals surface area contributed by atoms with Crippen molar-refractivity contribution in [2.75, 3.05) is 5.32 Å². The average molecular weight is 469 g/mol. The molecule has 0 saturated carbocycles. The zero-order valence-corrected chi connectivity index (χ0v) is 16.0. The molecule has 25 heavy (non-hydrogen) atoms. The van der Waals surface area contributed by atoms with E-state index in [1.807, 2.05) is 18.2 Å². The lowest BCUT2D eigenvalue weighted by atomic mass is 10.2. The minimum atomic E-state index is -0.600. The second kappa shape index (κ2) is 6.89. The fourth-order valence-corrected chi connectivity index (χ4v) is 3.22. The van der Waals surface area contributed by atoms with E-state index in [9.17, 15) is 14.9 Å². The maximum absolute atomic E-state index is 12.4. The van der Waals surface area contributed by atoms with Gasteiger partial charge in [0.05, 0.1) is 22.0 Å². The molecule has 0 aliphatic carbocycles. The number of pyridine rings is 1. The summed E-state index contributed by atoms with van der Waals surface area (Å²) in [6.45, 7) is 1.50. The molecule has 2 heterocycles. The number of benzene rings is 1. The summed E-state index contributed by atoms with van der Waals surface area (Å²) in [4.78, 5) is 27.0. The van der Waals surface area contributed by atoms with Crippen molar-refractivity contribution in [3.63, 3.8) is 0 Å². The van der Waals surface area contributed by atoms with Crippen LogP contribution in [0, 0.1) is 17.0 Å². The molecule has 10 heteroatoms. The van der Waals surface area contributed by atoms with Gasteiger partial charge >= 0.3 is 5.82 Å². The molecule has 1 N–H and O–H groups in total. The highest BCUT2D eigenvalue weighted by Crippen LogP contribution is 2.29. The van der Waals surface area contributed by atoms with E-state index < -0.39 is 4.92 Å². The largest absolute Gasteiger partial charge is 0.404 e. The second-order valence-corrected chi connectivity index (χ2v) is 6.83. The van der Waals surface area contributed by atoms with Crippen molar-refractivity contribution in [3.05, 3.63) is 55.2 Å². The van der Waals surface area contributed by atoms with E-state index in [0.717, 1.165) is 9.86 Å². The summed E-state index contributed by atoms with van der Waals surface area (Å²) in [5.74, 6) is -0.677. The highest BCUT2D eigenvalue weighted by atomic mass is 79.9. The monoisotopic (exact) mass is 467 g/mol. The average Bonchev–Trinajstić information content (AvgIpc) is 2.86. The number of carbonyl (C=O) groups is 1. The van der Waals surface area contributed by atoms with Gasteiger partial charge in [-0.15, -0.1) is 0 Å². The predicted octanol–water partition coefficient (Wildman–Crippen LogP) is 3.81. The SMILES string of the molecule is Cc1c(Br)c([N+](=O)[O-])nn1CC(=O)Nc1ccc(Br)c2cccnc12. The van der Waals surface area contributed by atoms with E-state index in [1.54, 1.807) is 19.2 Å². The van der Waals surface area contributed by atoms with Crippen LogP contribution in [0.3, 0.4) is 0 Å². The normalized spacial score (nSPS) is 10.8. The number of nitrogens with zero attached hydrogens (tertiary/aromatic N) is 4. The summed E-state index contributed by atoms with van der Waals surface area (Å²) in [6, 6.07) is 7.26. The molecule has 0 fully saturated rings. The highest BCUT2D eigenvalue weighted by Gasteiger charge is 2.24. The molecule has 0 radical (unpaired) electrons. The van der Waals surface area contributed by atoms with Gasteiger partial charge in [0.15, 0.2) is 0 Å². The van der Waals surface area contributed by atoms with Crippen molar-refractivity contribution in [1.29, 1.82) is 0 Å². The van der Waals surface area contributed by atoms with Crippen LogP contribution < -0.4 is 5.32 Å². The van der Waals surface area contributed by atoms with Crippen LogP contribution in [-0.2, 0) is 11.3 Å². The number of aromatic nitrogens is 3. The first-order valence-corrected chi connectivity index (χ1v) is 8.67. The van der Waals surface area contributed by atoms with Crippen LogP contribution in [0.5, 0.6) is 0 Å². The van der Waals surface area contributed by atoms with E-state index in [0.29, 0.717) is 16.9 Å². The van der Waals surface area contributed by atoms with Gasteiger partial charge in [-0.05, 0) is 46.0 Å². The van der Waals surface area contributed by atoms with E-state index in [1.165, 1.54) is 4.68 Å². The Hall–Kier alpha value is -2.33. The Kier molecular flexibility index (Phi) is 4.82. The first-order chi connectivity index (χ1) is 11.9. The van der Waals surface area contributed by atoms with Gasteiger partial charge in [0.25, 0.3) is 0 Å². The Labute approximate surface area is 158 Å². The Morgan fingerprint density at radius 1 is 1.36 bits per heavy atom. The third-order valence-electron chi connectivity index (χ3n) is 3.57. The maximum Gasteiger partial charge on any atom is 0.404 e. The number of amides is 1. The molecule has 2 aromatic heterocycles. The first-order valence-electron chi connectivity index (χ1n) is 7.09. The van der Waals surface area contributed by atoms with Crippen molar-refractivity contribution in [2.45, 2.75) is 13.5 Å². The third kappa shape index (κ3) is 3.40. The lowest BCUT2D eigenvalue weighted by molar-refractivity contribution is -0.390. The van der Waals surface area contributed by atoms with Gasteiger partial charge in [-0.2, -0.15) is 4.68 Å². The molecular formula is C15H11Br2N5O3. The fraction of sp³-hybridized carbons (Fsp3) is 0.133. The van der Waals surface area contributed by atoms with Crippen LogP contribution in [0.4, 0.5) is 11.5 Å². The topological polar surface area (TPSA) is 103 Å². The zero-order valence-electron chi connectivity index (χ0n) is 12.9. The first kappa shape index (κ1) is 17.5. The molecule has 0 unspecified atom stereocenters. The Morgan fingerprint density at radius 2 is 2.12 bits per heavy atom. The third-order valence-corrected chi connectivity index (χ3v) is 5.19. The van der Waals surface area contributed by atoms with Crippen LogP contribution in [0.15, 0.2) is 39.4 Å². The van der Waals surface area contributed by atoms with E-state index in [4.69, 9.17) is 0 Å². The van der Waals surface area contributed by atoms with Gasteiger partial charge in [0.2, 0.25) is 5.91 Å². The molecule has 1 aromatic carbocycles. The van der Waals surface area contributed by atoms with Crippen LogP contribution >= 0.6 is 31.9 Å². The van der Waals surface area contributed by atoms with Crippen LogP contribution in [0.2, 0.25) is 0 Å². The lowest BCUT2D eigenvalue weighted by Gasteiger charge is -2.09. The molecule has 8 nitrogen and oxygen atoms in total. The van der Waals surface area contributed by atoms with Crippen LogP contribution in [0.25, 0.3) is 10.9 Å². The summed E-state index contributed by atoms with van der Waals surface area (Å²) in [5.41, 5.74) is 1.71. The number of nitrogens with one attached hydrogen (secondary N) is 1. The summed E-state index contributed by atoms with van der Waals surface area (Å²) in [7, 11) is 0. The second-order valence-electron chi connectivity index (χ2n) is 5.18. The van der Waals surface area contributed by atoms with Crippen molar-refractivity contribution in [1.82, 2.24) is 14.8 Å². The van der Waals surface area contributed by atoms with Gasteiger partial charge in [-0.3, -0.25) is 9.78 Å². The van der Waals surface area contributed by atoms with Crippen molar-refractivity contribution in [2.24, 2.45) is 0 Å². The number of hydrogen-bond donors (Lipinski definition) is 1. The number of anilines is 1. The minimum Gasteiger partial charge on any atom is -0.358 e. The number of rotatable bonds is 4. The minimum absolute atomic E-state index is 0.150. The predicted molar refractivity (Wildman–Crippen MR) is 99.4 cm³/mol. The number of nitro groups is 1. The fourth-order valence-electron chi connectivity index (χ4n) is 2.34. The zero-order chi connectivity index (χ0) is 18.1. The molecule has 0 atom stereocenters. The summed E-state index contributed by atoms with van der Waals surface area (Å²) < 4.78 is 2.42. The molecule has 128 valence electrons. The summed E-state index contributed by atoms with van der Waals surface area (Å²) >= 11 is 6.58. The van der Waals surface area contributed by atoms with E-state index in [-0.39, 0.29) is 22.7 Å². The van der Waals surface area contributed by atoms with Crippen molar-refractivity contribution < 1.29 is 9.72 Å². The summed E-state index contributed by atoms with van der Waals surface area (Å²) in [6.07, 6.45) is 1.64. The standard InChI is InChI=1S/C15H11Br2N5O3/c1-8-13(17)15(22(24)25)20-21(8)7-12(23)19-11-5-4-10(16)9-3-2-6-18-14(9)11/h2-6H,7H2,1H3,(H,19,23). The molecule has 0 bridgehead atoms. The Balaban J connectivity index is 1.86. The molecule has 0 saturated heterocycles. The van der Waals surface area contributed by atoms with E-state index >= 15 is 0 Å². The summed E-state index contributed by atoms with van der Waals surface area (Å²) in [5, 5.41) is 18.4. The van der Waals surface area contributed by atoms with E-state index in [2.05, 4.69) is 47.3 Å². The van der Waals surface area contributed by atoms with Gasteiger partial charge in [-0.25, -0.2) is 0 Å². The maximum atomic E-state index is 12.4. The number of fused-ring (bicyclic) bond motifs is 1. The Morgan fingerprint density at radius 3 is 2.80 bits per heavy atom. The molecule has 0 aliphatic rings. The van der Waals surface area contributed by atoms with Crippen molar-refractivity contribution >= 4 is 60.2 Å². The Bertz CT molecular complexity index is 1000. The molecule has 3 aromatic rings. The van der Waals surface area contributed by atoms with Gasteiger partial charge in [-0.1, -0.05) is 22.0 Å². The van der Waals surface area contributed by atoms with Crippen molar-refractivity contribution in [3.8, 4) is 0 Å². The van der Waals surface area contributed by atoms with Gasteiger partial charge in [0, 0.05) is 16.1 Å². The molecular weight excluding hydrogens is 458 g/mol. The number of hydrogen-bond acceptors (Lipinski definition) is 5. The van der Waals surface area contributed by atoms with Gasteiger partial charge < -0.3 is 15.4 Å². The lowest BCUT2D eigenvalue weighted by Crippen LogP contribution is -2.20. The number of halogens is 2. The molecule has 1 amide bonds. The smallest absolute Gasteiger partial charge is 0.358 e. The number of carbonyl (C=O) groups excluding carboxylic acids is 1.